The Bertz CT molecular complexity index is 343. The van der Waals surface area contributed by atoms with Gasteiger partial charge < -0.3 is 16.0 Å². The van der Waals surface area contributed by atoms with E-state index in [0.717, 1.165) is 37.7 Å². The molecule has 1 atom stereocenters. The first-order valence-electron chi connectivity index (χ1n) is 8.35. The van der Waals surface area contributed by atoms with E-state index in [-0.39, 0.29) is 36.4 Å². The summed E-state index contributed by atoms with van der Waals surface area (Å²) < 4.78 is 0. The smallest absolute Gasteiger partial charge is 0.242 e. The summed E-state index contributed by atoms with van der Waals surface area (Å²) in [5, 5.41) is 9.52. The number of carbonyl (C=O) groups is 1. The molecule has 0 bridgehead atoms. The molecule has 0 aromatic rings. The second kappa shape index (κ2) is 12.0. The molecule has 1 aliphatic rings. The van der Waals surface area contributed by atoms with Crippen molar-refractivity contribution in [2.24, 2.45) is 10.9 Å². The summed E-state index contributed by atoms with van der Waals surface area (Å²) in [6.45, 7) is 9.70. The van der Waals surface area contributed by atoms with Gasteiger partial charge in [-0.25, -0.2) is 4.99 Å². The van der Waals surface area contributed by atoms with Gasteiger partial charge in [0.2, 0.25) is 5.91 Å². The van der Waals surface area contributed by atoms with Gasteiger partial charge in [0, 0.05) is 18.6 Å². The molecule has 5 nitrogen and oxygen atoms in total. The van der Waals surface area contributed by atoms with Gasteiger partial charge in [-0.05, 0) is 39.0 Å². The van der Waals surface area contributed by atoms with Crippen molar-refractivity contribution >= 4 is 35.8 Å². The zero-order valence-corrected chi connectivity index (χ0v) is 16.8. The highest BCUT2D eigenvalue weighted by Gasteiger charge is 2.22. The van der Waals surface area contributed by atoms with Gasteiger partial charge in [0.15, 0.2) is 5.96 Å². The van der Waals surface area contributed by atoms with Crippen molar-refractivity contribution in [2.45, 2.75) is 71.9 Å². The molecule has 0 radical (unpaired) electrons. The summed E-state index contributed by atoms with van der Waals surface area (Å²) in [7, 11) is 0. The Balaban J connectivity index is 0.00000441. The molecule has 1 unspecified atom stereocenters. The Labute approximate surface area is 152 Å². The summed E-state index contributed by atoms with van der Waals surface area (Å²) in [5.41, 5.74) is 0. The van der Waals surface area contributed by atoms with Crippen molar-refractivity contribution < 1.29 is 4.79 Å². The van der Waals surface area contributed by atoms with Gasteiger partial charge in [0.25, 0.3) is 0 Å². The van der Waals surface area contributed by atoms with E-state index < -0.39 is 0 Å². The highest BCUT2D eigenvalue weighted by Crippen LogP contribution is 2.18. The fraction of sp³-hybridized carbons (Fsp3) is 0.875. The van der Waals surface area contributed by atoms with Crippen molar-refractivity contribution in [3.8, 4) is 0 Å². The highest BCUT2D eigenvalue weighted by molar-refractivity contribution is 14.0. The average molecular weight is 424 g/mol. The molecule has 0 aromatic heterocycles. The number of hydrogen-bond acceptors (Lipinski definition) is 2. The van der Waals surface area contributed by atoms with Crippen molar-refractivity contribution in [2.75, 3.05) is 13.1 Å². The number of hydrogen-bond donors (Lipinski definition) is 3. The zero-order chi connectivity index (χ0) is 15.7. The monoisotopic (exact) mass is 424 g/mol. The van der Waals surface area contributed by atoms with E-state index >= 15 is 0 Å². The number of nitrogens with zero attached hydrogens (tertiary/aromatic N) is 1. The summed E-state index contributed by atoms with van der Waals surface area (Å²) in [6.07, 6.45) is 5.81. The van der Waals surface area contributed by atoms with Crippen LogP contribution >= 0.6 is 24.0 Å². The minimum absolute atomic E-state index is 0. The van der Waals surface area contributed by atoms with E-state index in [2.05, 4.69) is 41.7 Å². The maximum atomic E-state index is 11.7. The Kier molecular flexibility index (Phi) is 11.7. The van der Waals surface area contributed by atoms with Crippen LogP contribution in [-0.4, -0.2) is 37.0 Å². The van der Waals surface area contributed by atoms with Gasteiger partial charge in [-0.2, -0.15) is 0 Å². The van der Waals surface area contributed by atoms with Crippen LogP contribution in [0.4, 0.5) is 0 Å². The predicted octanol–water partition coefficient (Wildman–Crippen LogP) is 2.65. The van der Waals surface area contributed by atoms with Gasteiger partial charge in [-0.3, -0.25) is 4.79 Å². The van der Waals surface area contributed by atoms with E-state index in [1.807, 2.05) is 6.92 Å². The lowest BCUT2D eigenvalue weighted by molar-refractivity contribution is -0.119. The molecule has 1 aliphatic carbocycles. The molecule has 0 saturated heterocycles. The molecular weight excluding hydrogens is 391 g/mol. The van der Waals surface area contributed by atoms with Crippen molar-refractivity contribution in [3.63, 3.8) is 0 Å². The van der Waals surface area contributed by atoms with Crippen LogP contribution in [0.25, 0.3) is 0 Å². The van der Waals surface area contributed by atoms with Crippen LogP contribution in [0.3, 0.4) is 0 Å². The lowest BCUT2D eigenvalue weighted by Crippen LogP contribution is -2.43. The molecule has 0 spiro atoms. The van der Waals surface area contributed by atoms with Crippen LogP contribution in [-0.2, 0) is 4.79 Å². The fourth-order valence-corrected chi connectivity index (χ4v) is 2.11. The molecule has 0 aromatic carbocycles. The van der Waals surface area contributed by atoms with E-state index in [1.54, 1.807) is 0 Å². The summed E-state index contributed by atoms with van der Waals surface area (Å²) in [4.78, 5) is 16.0. The third-order valence-electron chi connectivity index (χ3n) is 3.47. The minimum atomic E-state index is 0. The average Bonchev–Trinajstić information content (AvgIpc) is 3.19. The van der Waals surface area contributed by atoms with Gasteiger partial charge in [-0.15, -0.1) is 24.0 Å². The van der Waals surface area contributed by atoms with Crippen LogP contribution in [0.2, 0.25) is 0 Å². The van der Waals surface area contributed by atoms with Gasteiger partial charge in [-0.1, -0.05) is 26.7 Å². The molecule has 0 aliphatic heterocycles. The number of amides is 1. The molecule has 1 saturated carbocycles. The third-order valence-corrected chi connectivity index (χ3v) is 3.47. The van der Waals surface area contributed by atoms with Crippen molar-refractivity contribution in [3.05, 3.63) is 0 Å². The lowest BCUT2D eigenvalue weighted by atomic mass is 10.0. The Morgan fingerprint density at radius 1 is 1.23 bits per heavy atom. The fourth-order valence-electron chi connectivity index (χ4n) is 2.11. The molecular formula is C16H33IN4O. The molecule has 3 N–H and O–H groups in total. The number of nitrogens with one attached hydrogen (secondary N) is 3. The highest BCUT2D eigenvalue weighted by atomic mass is 127. The summed E-state index contributed by atoms with van der Waals surface area (Å²) in [6, 6.07) is 0.770. The standard InChI is InChI=1S/C16H32N4O.HI/c1-5-17-16(18-11-15(21)20-14-9-10-14)19-13(4)8-6-7-12(2)3;/h12-14H,5-11H2,1-4H3,(H,20,21)(H2,17,18,19);1H. The lowest BCUT2D eigenvalue weighted by Gasteiger charge is -2.18. The van der Waals surface area contributed by atoms with E-state index in [4.69, 9.17) is 0 Å². The van der Waals surface area contributed by atoms with Crippen molar-refractivity contribution in [1.29, 1.82) is 0 Å². The molecule has 22 heavy (non-hydrogen) atoms. The molecule has 1 fully saturated rings. The van der Waals surface area contributed by atoms with Gasteiger partial charge in [0.1, 0.15) is 6.54 Å². The summed E-state index contributed by atoms with van der Waals surface area (Å²) in [5.74, 6) is 1.51. The quantitative estimate of drug-likeness (QED) is 0.303. The van der Waals surface area contributed by atoms with Crippen LogP contribution in [0.5, 0.6) is 0 Å². The molecule has 1 amide bonds. The molecule has 0 heterocycles. The molecule has 1 rings (SSSR count). The topological polar surface area (TPSA) is 65.5 Å². The maximum absolute atomic E-state index is 11.7. The first-order chi connectivity index (χ1) is 10.0. The van der Waals surface area contributed by atoms with E-state index in [0.29, 0.717) is 12.1 Å². The minimum Gasteiger partial charge on any atom is -0.357 e. The second-order valence-corrected chi connectivity index (χ2v) is 6.41. The van der Waals surface area contributed by atoms with Crippen LogP contribution in [0.1, 0.15) is 59.8 Å². The number of rotatable bonds is 9. The number of aliphatic imine (C=N–C) groups is 1. The van der Waals surface area contributed by atoms with Gasteiger partial charge in [0.05, 0.1) is 0 Å². The first kappa shape index (κ1) is 21.5. The zero-order valence-electron chi connectivity index (χ0n) is 14.4. The van der Waals surface area contributed by atoms with Crippen LogP contribution in [0, 0.1) is 5.92 Å². The van der Waals surface area contributed by atoms with E-state index in [9.17, 15) is 4.79 Å². The Morgan fingerprint density at radius 3 is 2.45 bits per heavy atom. The second-order valence-electron chi connectivity index (χ2n) is 6.41. The number of carbonyl (C=O) groups excluding carboxylic acids is 1. The SMILES string of the molecule is CCNC(=NCC(=O)NC1CC1)NC(C)CCCC(C)C.I. The van der Waals surface area contributed by atoms with Gasteiger partial charge >= 0.3 is 0 Å². The molecule has 130 valence electrons. The normalized spacial score (nSPS) is 16.0. The maximum Gasteiger partial charge on any atom is 0.242 e. The first-order valence-corrected chi connectivity index (χ1v) is 8.35. The third kappa shape index (κ3) is 11.1. The number of guanidine groups is 1. The Hall–Kier alpha value is -0.530. The van der Waals surface area contributed by atoms with E-state index in [1.165, 1.54) is 12.8 Å². The molecule has 6 heteroatoms. The largest absolute Gasteiger partial charge is 0.357 e. The van der Waals surface area contributed by atoms with Crippen LogP contribution in [0.15, 0.2) is 4.99 Å². The van der Waals surface area contributed by atoms with Crippen LogP contribution < -0.4 is 16.0 Å². The predicted molar refractivity (Wildman–Crippen MR) is 104 cm³/mol. The Morgan fingerprint density at radius 2 is 1.91 bits per heavy atom. The summed E-state index contributed by atoms with van der Waals surface area (Å²) >= 11 is 0. The number of halogens is 1. The van der Waals surface area contributed by atoms with Crippen molar-refractivity contribution in [1.82, 2.24) is 16.0 Å².